The minimum absolute atomic E-state index is 0.353. The first kappa shape index (κ1) is 10.9. The molecule has 2 aromatic heterocycles. The van der Waals surface area contributed by atoms with Crippen LogP contribution in [0.15, 0.2) is 28.3 Å². The molecule has 1 unspecified atom stereocenters. The normalized spacial score (nSPS) is 12.9. The first-order valence-electron chi connectivity index (χ1n) is 4.71. The SMILES string of the molecule is CC(NCc1ncc[nH]1)c1cc(Br)cs1. The predicted molar refractivity (Wildman–Crippen MR) is 65.9 cm³/mol. The molecule has 0 saturated heterocycles. The van der Waals surface area contributed by atoms with E-state index in [4.69, 9.17) is 0 Å². The molecule has 2 heterocycles. The molecule has 15 heavy (non-hydrogen) atoms. The van der Waals surface area contributed by atoms with Crippen molar-refractivity contribution in [1.29, 1.82) is 0 Å². The van der Waals surface area contributed by atoms with Gasteiger partial charge in [0.25, 0.3) is 0 Å². The lowest BCUT2D eigenvalue weighted by molar-refractivity contribution is 0.569. The zero-order valence-electron chi connectivity index (χ0n) is 8.33. The molecule has 2 rings (SSSR count). The van der Waals surface area contributed by atoms with E-state index in [1.54, 1.807) is 17.5 Å². The minimum Gasteiger partial charge on any atom is -0.348 e. The van der Waals surface area contributed by atoms with Crippen molar-refractivity contribution in [3.63, 3.8) is 0 Å². The quantitative estimate of drug-likeness (QED) is 0.906. The maximum absolute atomic E-state index is 4.16. The fourth-order valence-corrected chi connectivity index (χ4v) is 2.78. The molecule has 2 N–H and O–H groups in total. The Balaban J connectivity index is 1.90. The number of hydrogen-bond acceptors (Lipinski definition) is 3. The van der Waals surface area contributed by atoms with E-state index in [1.165, 1.54) is 4.88 Å². The Kier molecular flexibility index (Phi) is 3.56. The van der Waals surface area contributed by atoms with Crippen molar-refractivity contribution in [3.05, 3.63) is 39.0 Å². The molecule has 2 aromatic rings. The largest absolute Gasteiger partial charge is 0.348 e. The van der Waals surface area contributed by atoms with Gasteiger partial charge in [0.2, 0.25) is 0 Å². The second kappa shape index (κ2) is 4.92. The van der Waals surface area contributed by atoms with Crippen molar-refractivity contribution in [2.24, 2.45) is 0 Å². The Morgan fingerprint density at radius 3 is 3.13 bits per heavy atom. The molecule has 5 heteroatoms. The van der Waals surface area contributed by atoms with Crippen LogP contribution < -0.4 is 5.32 Å². The first-order valence-corrected chi connectivity index (χ1v) is 6.38. The fraction of sp³-hybridized carbons (Fsp3) is 0.300. The van der Waals surface area contributed by atoms with E-state index in [0.29, 0.717) is 6.04 Å². The number of aromatic nitrogens is 2. The molecule has 0 aliphatic rings. The lowest BCUT2D eigenvalue weighted by Gasteiger charge is -2.10. The Labute approximate surface area is 101 Å². The fourth-order valence-electron chi connectivity index (χ4n) is 1.30. The van der Waals surface area contributed by atoms with Crippen molar-refractivity contribution in [2.45, 2.75) is 19.5 Å². The van der Waals surface area contributed by atoms with Crippen molar-refractivity contribution in [2.75, 3.05) is 0 Å². The van der Waals surface area contributed by atoms with E-state index >= 15 is 0 Å². The summed E-state index contributed by atoms with van der Waals surface area (Å²) < 4.78 is 1.15. The highest BCUT2D eigenvalue weighted by Gasteiger charge is 2.07. The third kappa shape index (κ3) is 2.90. The van der Waals surface area contributed by atoms with Gasteiger partial charge in [-0.1, -0.05) is 0 Å². The number of H-pyrrole nitrogens is 1. The Morgan fingerprint density at radius 1 is 1.67 bits per heavy atom. The lowest BCUT2D eigenvalue weighted by atomic mass is 10.3. The average molecular weight is 286 g/mol. The smallest absolute Gasteiger partial charge is 0.120 e. The zero-order valence-corrected chi connectivity index (χ0v) is 10.7. The minimum atomic E-state index is 0.353. The highest BCUT2D eigenvalue weighted by Crippen LogP contribution is 2.25. The van der Waals surface area contributed by atoms with Crippen LogP contribution in [0.3, 0.4) is 0 Å². The molecule has 0 amide bonds. The number of imidazole rings is 1. The van der Waals surface area contributed by atoms with Crippen LogP contribution in [0.1, 0.15) is 23.7 Å². The molecule has 0 radical (unpaired) electrons. The Bertz CT molecular complexity index is 410. The molecule has 0 aromatic carbocycles. The van der Waals surface area contributed by atoms with Gasteiger partial charge in [-0.15, -0.1) is 11.3 Å². The second-order valence-corrected chi connectivity index (χ2v) is 5.16. The van der Waals surface area contributed by atoms with Crippen LogP contribution in [-0.2, 0) is 6.54 Å². The molecule has 0 aliphatic carbocycles. The number of nitrogens with one attached hydrogen (secondary N) is 2. The van der Waals surface area contributed by atoms with Crippen LogP contribution >= 0.6 is 27.3 Å². The van der Waals surface area contributed by atoms with Gasteiger partial charge in [-0.3, -0.25) is 0 Å². The first-order chi connectivity index (χ1) is 7.25. The molecule has 0 fully saturated rings. The van der Waals surface area contributed by atoms with E-state index in [-0.39, 0.29) is 0 Å². The van der Waals surface area contributed by atoms with E-state index < -0.39 is 0 Å². The van der Waals surface area contributed by atoms with Crippen molar-refractivity contribution >= 4 is 27.3 Å². The lowest BCUT2D eigenvalue weighted by Crippen LogP contribution is -2.17. The van der Waals surface area contributed by atoms with Gasteiger partial charge in [0.05, 0.1) is 6.54 Å². The van der Waals surface area contributed by atoms with Crippen LogP contribution in [-0.4, -0.2) is 9.97 Å². The van der Waals surface area contributed by atoms with Gasteiger partial charge in [-0.05, 0) is 28.9 Å². The van der Waals surface area contributed by atoms with Crippen LogP contribution in [0.4, 0.5) is 0 Å². The van der Waals surface area contributed by atoms with Gasteiger partial charge in [0.1, 0.15) is 5.82 Å². The molecular weight excluding hydrogens is 274 g/mol. The highest BCUT2D eigenvalue weighted by molar-refractivity contribution is 9.10. The molecule has 0 bridgehead atoms. The standard InChI is InChI=1S/C10H12BrN3S/c1-7(9-4-8(11)6-15-9)14-5-10-12-2-3-13-10/h2-4,6-7,14H,5H2,1H3,(H,12,13). The summed E-state index contributed by atoms with van der Waals surface area (Å²) in [6.07, 6.45) is 3.60. The second-order valence-electron chi connectivity index (χ2n) is 3.31. The van der Waals surface area contributed by atoms with Crippen molar-refractivity contribution < 1.29 is 0 Å². The molecular formula is C10H12BrN3S. The van der Waals surface area contributed by atoms with Crippen molar-refractivity contribution in [1.82, 2.24) is 15.3 Å². The summed E-state index contributed by atoms with van der Waals surface area (Å²) in [6.45, 7) is 2.92. The van der Waals surface area contributed by atoms with Crippen LogP contribution in [0.5, 0.6) is 0 Å². The zero-order chi connectivity index (χ0) is 10.7. The maximum Gasteiger partial charge on any atom is 0.120 e. The third-order valence-corrected chi connectivity index (χ3v) is 4.02. The van der Waals surface area contributed by atoms with Gasteiger partial charge in [-0.25, -0.2) is 4.98 Å². The van der Waals surface area contributed by atoms with E-state index in [2.05, 4.69) is 49.6 Å². The molecule has 80 valence electrons. The van der Waals surface area contributed by atoms with Gasteiger partial charge >= 0.3 is 0 Å². The van der Waals surface area contributed by atoms with Crippen LogP contribution in [0.25, 0.3) is 0 Å². The van der Waals surface area contributed by atoms with Crippen LogP contribution in [0, 0.1) is 0 Å². The summed E-state index contributed by atoms with van der Waals surface area (Å²) in [4.78, 5) is 8.56. The van der Waals surface area contributed by atoms with Gasteiger partial charge < -0.3 is 10.3 Å². The number of hydrogen-bond donors (Lipinski definition) is 2. The summed E-state index contributed by atoms with van der Waals surface area (Å²) in [5.74, 6) is 0.970. The molecule has 1 atom stereocenters. The summed E-state index contributed by atoms with van der Waals surface area (Å²) in [5.41, 5.74) is 0. The molecule has 0 saturated carbocycles. The summed E-state index contributed by atoms with van der Waals surface area (Å²) >= 11 is 5.21. The Hall–Kier alpha value is -0.650. The van der Waals surface area contributed by atoms with Gasteiger partial charge in [0, 0.05) is 33.2 Å². The van der Waals surface area contributed by atoms with E-state index in [1.807, 2.05) is 6.20 Å². The molecule has 0 spiro atoms. The van der Waals surface area contributed by atoms with Gasteiger partial charge in [0.15, 0.2) is 0 Å². The topological polar surface area (TPSA) is 40.7 Å². The van der Waals surface area contributed by atoms with E-state index in [9.17, 15) is 0 Å². The number of halogens is 1. The third-order valence-electron chi connectivity index (χ3n) is 2.15. The summed E-state index contributed by atoms with van der Waals surface area (Å²) in [5, 5.41) is 5.51. The molecule has 3 nitrogen and oxygen atoms in total. The molecule has 0 aliphatic heterocycles. The monoisotopic (exact) mass is 285 g/mol. The van der Waals surface area contributed by atoms with E-state index in [0.717, 1.165) is 16.8 Å². The van der Waals surface area contributed by atoms with Gasteiger partial charge in [-0.2, -0.15) is 0 Å². The van der Waals surface area contributed by atoms with Crippen molar-refractivity contribution in [3.8, 4) is 0 Å². The van der Waals surface area contributed by atoms with Crippen LogP contribution in [0.2, 0.25) is 0 Å². The predicted octanol–water partition coefficient (Wildman–Crippen LogP) is 3.08. The summed E-state index contributed by atoms with van der Waals surface area (Å²) in [6, 6.07) is 2.50. The number of nitrogens with zero attached hydrogens (tertiary/aromatic N) is 1. The number of aromatic amines is 1. The number of thiophene rings is 1. The highest BCUT2D eigenvalue weighted by atomic mass is 79.9. The Morgan fingerprint density at radius 2 is 2.53 bits per heavy atom. The summed E-state index contributed by atoms with van der Waals surface area (Å²) in [7, 11) is 0. The average Bonchev–Trinajstić information content (AvgIpc) is 2.84. The maximum atomic E-state index is 4.16. The number of rotatable bonds is 4.